The molecule has 0 aliphatic rings. The molecule has 0 unspecified atom stereocenters. The number of hydrogen-bond acceptors (Lipinski definition) is 5. The number of ether oxygens (including phenoxy) is 2. The second-order valence-corrected chi connectivity index (χ2v) is 5.97. The first-order valence-corrected chi connectivity index (χ1v) is 8.20. The van der Waals surface area contributed by atoms with Crippen molar-refractivity contribution in [3.63, 3.8) is 0 Å². The number of anilines is 1. The molecule has 2 N–H and O–H groups in total. The van der Waals surface area contributed by atoms with E-state index in [0.717, 1.165) is 39.9 Å². The first-order chi connectivity index (χ1) is 11.2. The molecule has 0 fully saturated rings. The lowest BCUT2D eigenvalue weighted by molar-refractivity contribution is 0.321. The predicted octanol–water partition coefficient (Wildman–Crippen LogP) is 4.02. The van der Waals surface area contributed by atoms with E-state index in [1.807, 2.05) is 48.5 Å². The summed E-state index contributed by atoms with van der Waals surface area (Å²) in [6.07, 6.45) is 0.777. The Morgan fingerprint density at radius 2 is 1.87 bits per heavy atom. The summed E-state index contributed by atoms with van der Waals surface area (Å²) in [6, 6.07) is 15.3. The summed E-state index contributed by atoms with van der Waals surface area (Å²) >= 11 is 1.64. The standard InChI is InChI=1S/C18H18N2O2S/c1-21-15-5-7-16(8-6-15)22-10-9-18-20-17(12-23-18)13-3-2-4-14(19)11-13/h2-8,11-12H,9-10,19H2,1H3. The Morgan fingerprint density at radius 1 is 1.09 bits per heavy atom. The molecular weight excluding hydrogens is 308 g/mol. The zero-order valence-corrected chi connectivity index (χ0v) is 13.7. The van der Waals surface area contributed by atoms with Crippen LogP contribution in [0, 0.1) is 0 Å². The molecule has 0 atom stereocenters. The number of nitrogen functional groups attached to an aromatic ring is 1. The fraction of sp³-hybridized carbons (Fsp3) is 0.167. The van der Waals surface area contributed by atoms with Crippen molar-refractivity contribution in [2.45, 2.75) is 6.42 Å². The molecule has 0 aliphatic heterocycles. The van der Waals surface area contributed by atoms with Crippen LogP contribution in [0.3, 0.4) is 0 Å². The molecular formula is C18H18N2O2S. The van der Waals surface area contributed by atoms with Crippen LogP contribution in [0.25, 0.3) is 11.3 Å². The minimum absolute atomic E-state index is 0.593. The average Bonchev–Trinajstić information content (AvgIpc) is 3.04. The Kier molecular flexibility index (Phi) is 4.78. The molecule has 0 saturated carbocycles. The molecule has 0 amide bonds. The topological polar surface area (TPSA) is 57.4 Å². The number of nitrogens with two attached hydrogens (primary N) is 1. The fourth-order valence-corrected chi connectivity index (χ4v) is 2.97. The molecule has 0 saturated heterocycles. The fourth-order valence-electron chi connectivity index (χ4n) is 2.18. The van der Waals surface area contributed by atoms with Crippen molar-refractivity contribution in [2.75, 3.05) is 19.5 Å². The van der Waals surface area contributed by atoms with Crippen molar-refractivity contribution in [3.8, 4) is 22.8 Å². The summed E-state index contributed by atoms with van der Waals surface area (Å²) < 4.78 is 10.9. The molecule has 0 aliphatic carbocycles. The minimum Gasteiger partial charge on any atom is -0.497 e. The third kappa shape index (κ3) is 4.02. The van der Waals surface area contributed by atoms with Crippen molar-refractivity contribution in [1.29, 1.82) is 0 Å². The average molecular weight is 326 g/mol. The van der Waals surface area contributed by atoms with Crippen LogP contribution in [0.1, 0.15) is 5.01 Å². The summed E-state index contributed by atoms with van der Waals surface area (Å²) in [5.41, 5.74) is 8.57. The molecule has 3 rings (SSSR count). The zero-order valence-electron chi connectivity index (χ0n) is 12.9. The molecule has 3 aromatic rings. The smallest absolute Gasteiger partial charge is 0.119 e. The predicted molar refractivity (Wildman–Crippen MR) is 94.2 cm³/mol. The normalized spacial score (nSPS) is 10.5. The molecule has 0 spiro atoms. The van der Waals surface area contributed by atoms with Crippen LogP contribution in [0.2, 0.25) is 0 Å². The molecule has 0 radical (unpaired) electrons. The number of rotatable bonds is 6. The molecule has 2 aromatic carbocycles. The van der Waals surface area contributed by atoms with Gasteiger partial charge in [0, 0.05) is 23.1 Å². The Balaban J connectivity index is 1.56. The van der Waals surface area contributed by atoms with E-state index in [0.29, 0.717) is 6.61 Å². The van der Waals surface area contributed by atoms with Crippen molar-refractivity contribution in [3.05, 3.63) is 58.9 Å². The molecule has 5 heteroatoms. The second-order valence-electron chi connectivity index (χ2n) is 5.03. The summed E-state index contributed by atoms with van der Waals surface area (Å²) in [5, 5.41) is 3.10. The number of thiazole rings is 1. The SMILES string of the molecule is COc1ccc(OCCc2nc(-c3cccc(N)c3)cs2)cc1. The number of aromatic nitrogens is 1. The van der Waals surface area contributed by atoms with E-state index in [4.69, 9.17) is 15.2 Å². The minimum atomic E-state index is 0.593. The van der Waals surface area contributed by atoms with E-state index in [9.17, 15) is 0 Å². The Hall–Kier alpha value is -2.53. The van der Waals surface area contributed by atoms with Crippen molar-refractivity contribution in [1.82, 2.24) is 4.98 Å². The van der Waals surface area contributed by atoms with E-state index in [2.05, 4.69) is 10.4 Å². The van der Waals surface area contributed by atoms with Gasteiger partial charge in [-0.3, -0.25) is 0 Å². The lowest BCUT2D eigenvalue weighted by atomic mass is 10.1. The van der Waals surface area contributed by atoms with Crippen LogP contribution >= 0.6 is 11.3 Å². The van der Waals surface area contributed by atoms with Gasteiger partial charge in [0.05, 0.1) is 24.4 Å². The van der Waals surface area contributed by atoms with Gasteiger partial charge < -0.3 is 15.2 Å². The summed E-state index contributed by atoms with van der Waals surface area (Å²) in [4.78, 5) is 4.64. The van der Waals surface area contributed by atoms with E-state index in [-0.39, 0.29) is 0 Å². The maximum atomic E-state index is 5.81. The van der Waals surface area contributed by atoms with Crippen molar-refractivity contribution in [2.24, 2.45) is 0 Å². The summed E-state index contributed by atoms with van der Waals surface area (Å²) in [5.74, 6) is 1.66. The van der Waals surface area contributed by atoms with Crippen LogP contribution in [-0.2, 0) is 6.42 Å². The maximum absolute atomic E-state index is 5.81. The van der Waals surface area contributed by atoms with Crippen molar-refractivity contribution < 1.29 is 9.47 Å². The molecule has 1 heterocycles. The van der Waals surface area contributed by atoms with Gasteiger partial charge in [0.25, 0.3) is 0 Å². The van der Waals surface area contributed by atoms with Gasteiger partial charge in [-0.2, -0.15) is 0 Å². The van der Waals surface area contributed by atoms with Gasteiger partial charge >= 0.3 is 0 Å². The number of methoxy groups -OCH3 is 1. The largest absolute Gasteiger partial charge is 0.497 e. The Bertz CT molecular complexity index is 769. The molecule has 0 bridgehead atoms. The van der Waals surface area contributed by atoms with Crippen LogP contribution < -0.4 is 15.2 Å². The lowest BCUT2D eigenvalue weighted by Crippen LogP contribution is -2.01. The highest BCUT2D eigenvalue weighted by molar-refractivity contribution is 7.09. The third-order valence-electron chi connectivity index (χ3n) is 3.38. The summed E-state index contributed by atoms with van der Waals surface area (Å²) in [6.45, 7) is 0.593. The molecule has 4 nitrogen and oxygen atoms in total. The summed E-state index contributed by atoms with van der Waals surface area (Å²) in [7, 11) is 1.65. The van der Waals surface area contributed by atoms with Gasteiger partial charge in [-0.25, -0.2) is 4.98 Å². The highest BCUT2D eigenvalue weighted by Crippen LogP contribution is 2.24. The van der Waals surface area contributed by atoms with Crippen LogP contribution in [-0.4, -0.2) is 18.7 Å². The number of benzene rings is 2. The first-order valence-electron chi connectivity index (χ1n) is 7.32. The van der Waals surface area contributed by atoms with Gasteiger partial charge in [-0.05, 0) is 36.4 Å². The Morgan fingerprint density at radius 3 is 2.61 bits per heavy atom. The van der Waals surface area contributed by atoms with Gasteiger partial charge in [-0.1, -0.05) is 12.1 Å². The van der Waals surface area contributed by atoms with E-state index in [1.165, 1.54) is 0 Å². The van der Waals surface area contributed by atoms with Crippen LogP contribution in [0.15, 0.2) is 53.9 Å². The second kappa shape index (κ2) is 7.15. The number of nitrogens with zero attached hydrogens (tertiary/aromatic N) is 1. The maximum Gasteiger partial charge on any atom is 0.119 e. The number of hydrogen-bond donors (Lipinski definition) is 1. The highest BCUT2D eigenvalue weighted by Gasteiger charge is 2.05. The molecule has 23 heavy (non-hydrogen) atoms. The highest BCUT2D eigenvalue weighted by atomic mass is 32.1. The molecule has 1 aromatic heterocycles. The van der Waals surface area contributed by atoms with E-state index < -0.39 is 0 Å². The van der Waals surface area contributed by atoms with E-state index in [1.54, 1.807) is 18.4 Å². The van der Waals surface area contributed by atoms with Crippen molar-refractivity contribution >= 4 is 17.0 Å². The zero-order chi connectivity index (χ0) is 16.1. The third-order valence-corrected chi connectivity index (χ3v) is 4.29. The van der Waals surface area contributed by atoms with Gasteiger partial charge in [0.15, 0.2) is 0 Å². The lowest BCUT2D eigenvalue weighted by Gasteiger charge is -2.05. The molecule has 118 valence electrons. The quantitative estimate of drug-likeness (QED) is 0.695. The Labute approximate surface area is 139 Å². The van der Waals surface area contributed by atoms with Crippen LogP contribution in [0.4, 0.5) is 5.69 Å². The monoisotopic (exact) mass is 326 g/mol. The van der Waals surface area contributed by atoms with Crippen LogP contribution in [0.5, 0.6) is 11.5 Å². The van der Waals surface area contributed by atoms with E-state index >= 15 is 0 Å². The van der Waals surface area contributed by atoms with Gasteiger partial charge in [0.1, 0.15) is 11.5 Å². The van der Waals surface area contributed by atoms with Gasteiger partial charge in [0.2, 0.25) is 0 Å². The van der Waals surface area contributed by atoms with Gasteiger partial charge in [-0.15, -0.1) is 11.3 Å². The first kappa shape index (κ1) is 15.4.